The first kappa shape index (κ1) is 20.4. The minimum absolute atomic E-state index is 0.0259. The van der Waals surface area contributed by atoms with E-state index in [-0.39, 0.29) is 11.8 Å². The standard InChI is InChI=1S/C17H28N2O4S2/c1-3-15-6-7-16(24-15)25(21,22)19-11-8-14(9-12-19)17(20)18-10-5-13-23-4-2/h6-7,14H,3-5,8-13H2,1-2H3,(H,18,20). The van der Waals surface area contributed by atoms with Gasteiger partial charge in [0.05, 0.1) is 0 Å². The quantitative estimate of drug-likeness (QED) is 0.659. The molecule has 0 aliphatic carbocycles. The number of amides is 1. The van der Waals surface area contributed by atoms with Gasteiger partial charge in [-0.2, -0.15) is 4.31 Å². The van der Waals surface area contributed by atoms with E-state index >= 15 is 0 Å². The summed E-state index contributed by atoms with van der Waals surface area (Å²) in [6.45, 7) is 6.70. The lowest BCUT2D eigenvalue weighted by Gasteiger charge is -2.30. The first-order chi connectivity index (χ1) is 12.0. The van der Waals surface area contributed by atoms with Crippen molar-refractivity contribution in [3.8, 4) is 0 Å². The minimum atomic E-state index is -3.42. The van der Waals surface area contributed by atoms with Crippen molar-refractivity contribution >= 4 is 27.3 Å². The average Bonchev–Trinajstić information content (AvgIpc) is 3.11. The van der Waals surface area contributed by atoms with Crippen molar-refractivity contribution in [2.75, 3.05) is 32.8 Å². The second-order valence-electron chi connectivity index (χ2n) is 6.09. The van der Waals surface area contributed by atoms with E-state index in [1.165, 1.54) is 15.6 Å². The Morgan fingerprint density at radius 3 is 2.64 bits per heavy atom. The largest absolute Gasteiger partial charge is 0.382 e. The third kappa shape index (κ3) is 5.51. The first-order valence-electron chi connectivity index (χ1n) is 8.93. The van der Waals surface area contributed by atoms with Gasteiger partial charge in [-0.3, -0.25) is 4.79 Å². The van der Waals surface area contributed by atoms with Crippen LogP contribution in [-0.2, 0) is 26.0 Å². The van der Waals surface area contributed by atoms with Gasteiger partial charge in [-0.25, -0.2) is 8.42 Å². The Morgan fingerprint density at radius 1 is 1.32 bits per heavy atom. The van der Waals surface area contributed by atoms with Crippen LogP contribution >= 0.6 is 11.3 Å². The molecule has 2 rings (SSSR count). The van der Waals surface area contributed by atoms with Gasteiger partial charge in [0.2, 0.25) is 5.91 Å². The lowest BCUT2D eigenvalue weighted by molar-refractivity contribution is -0.126. The summed E-state index contributed by atoms with van der Waals surface area (Å²) < 4.78 is 32.5. The van der Waals surface area contributed by atoms with Gasteiger partial charge in [0.25, 0.3) is 10.0 Å². The molecule has 6 nitrogen and oxygen atoms in total. The number of sulfonamides is 1. The highest BCUT2D eigenvalue weighted by atomic mass is 32.2. The Hall–Kier alpha value is -0.960. The van der Waals surface area contributed by atoms with Gasteiger partial charge in [-0.15, -0.1) is 11.3 Å². The number of carbonyl (C=O) groups excluding carboxylic acids is 1. The molecule has 25 heavy (non-hydrogen) atoms. The van der Waals surface area contributed by atoms with Crippen molar-refractivity contribution in [2.45, 2.75) is 43.7 Å². The predicted molar refractivity (Wildman–Crippen MR) is 99.3 cm³/mol. The average molecular weight is 389 g/mol. The van der Waals surface area contributed by atoms with Crippen LogP contribution < -0.4 is 5.32 Å². The zero-order valence-electron chi connectivity index (χ0n) is 15.0. The van der Waals surface area contributed by atoms with E-state index in [0.29, 0.717) is 49.9 Å². The van der Waals surface area contributed by atoms with Gasteiger partial charge in [-0.05, 0) is 44.7 Å². The molecule has 0 radical (unpaired) electrons. The highest BCUT2D eigenvalue weighted by Gasteiger charge is 2.32. The number of hydrogen-bond donors (Lipinski definition) is 1. The van der Waals surface area contributed by atoms with E-state index < -0.39 is 10.0 Å². The van der Waals surface area contributed by atoms with E-state index in [0.717, 1.165) is 17.7 Å². The van der Waals surface area contributed by atoms with Gasteiger partial charge in [0.15, 0.2) is 0 Å². The Bertz CT molecular complexity index is 649. The normalized spacial score (nSPS) is 16.9. The molecule has 0 spiro atoms. The molecule has 2 heterocycles. The number of thiophene rings is 1. The number of aryl methyl sites for hydroxylation is 1. The third-order valence-electron chi connectivity index (χ3n) is 4.37. The van der Waals surface area contributed by atoms with Crippen molar-refractivity contribution < 1.29 is 17.9 Å². The molecule has 0 atom stereocenters. The van der Waals surface area contributed by atoms with Crippen LogP contribution in [0.2, 0.25) is 0 Å². The van der Waals surface area contributed by atoms with Crippen LogP contribution in [0.1, 0.15) is 38.0 Å². The van der Waals surface area contributed by atoms with Crippen molar-refractivity contribution in [3.63, 3.8) is 0 Å². The molecule has 0 bridgehead atoms. The number of nitrogens with zero attached hydrogens (tertiary/aromatic N) is 1. The highest BCUT2D eigenvalue weighted by molar-refractivity contribution is 7.91. The van der Waals surface area contributed by atoms with E-state index in [1.54, 1.807) is 6.07 Å². The number of hydrogen-bond acceptors (Lipinski definition) is 5. The van der Waals surface area contributed by atoms with Crippen LogP contribution in [0.3, 0.4) is 0 Å². The molecule has 0 unspecified atom stereocenters. The molecular weight excluding hydrogens is 360 g/mol. The maximum atomic E-state index is 12.7. The van der Waals surface area contributed by atoms with Crippen LogP contribution in [0, 0.1) is 5.92 Å². The van der Waals surface area contributed by atoms with Gasteiger partial charge in [0.1, 0.15) is 4.21 Å². The number of ether oxygens (including phenoxy) is 1. The Morgan fingerprint density at radius 2 is 2.04 bits per heavy atom. The molecule has 142 valence electrons. The van der Waals surface area contributed by atoms with Crippen LogP contribution in [-0.4, -0.2) is 51.5 Å². The molecule has 1 amide bonds. The van der Waals surface area contributed by atoms with Crippen LogP contribution in [0.15, 0.2) is 16.3 Å². The molecule has 8 heteroatoms. The molecule has 0 aromatic carbocycles. The molecule has 1 fully saturated rings. The number of nitrogens with one attached hydrogen (secondary N) is 1. The van der Waals surface area contributed by atoms with E-state index in [4.69, 9.17) is 4.74 Å². The highest BCUT2D eigenvalue weighted by Crippen LogP contribution is 2.28. The third-order valence-corrected chi connectivity index (χ3v) is 7.97. The molecule has 1 N–H and O–H groups in total. The molecule has 1 aromatic rings. The van der Waals surface area contributed by atoms with Crippen LogP contribution in [0.25, 0.3) is 0 Å². The Kier molecular flexibility index (Phi) is 7.86. The zero-order chi connectivity index (χ0) is 18.3. The van der Waals surface area contributed by atoms with Gasteiger partial charge in [-0.1, -0.05) is 6.92 Å². The fourth-order valence-corrected chi connectivity index (χ4v) is 5.77. The van der Waals surface area contributed by atoms with E-state index in [2.05, 4.69) is 5.32 Å². The van der Waals surface area contributed by atoms with Gasteiger partial charge >= 0.3 is 0 Å². The Labute approximate surface area is 154 Å². The lowest BCUT2D eigenvalue weighted by Crippen LogP contribution is -2.43. The van der Waals surface area contributed by atoms with Crippen molar-refractivity contribution in [1.29, 1.82) is 0 Å². The molecular formula is C17H28N2O4S2. The second kappa shape index (κ2) is 9.66. The zero-order valence-corrected chi connectivity index (χ0v) is 16.6. The summed E-state index contributed by atoms with van der Waals surface area (Å²) in [7, 11) is -3.42. The molecule has 1 aliphatic rings. The van der Waals surface area contributed by atoms with Crippen molar-refractivity contribution in [2.24, 2.45) is 5.92 Å². The summed E-state index contributed by atoms with van der Waals surface area (Å²) in [5.74, 6) is -0.0778. The maximum absolute atomic E-state index is 12.7. The number of piperidine rings is 1. The minimum Gasteiger partial charge on any atom is -0.382 e. The fraction of sp³-hybridized carbons (Fsp3) is 0.706. The predicted octanol–water partition coefficient (Wildman–Crippen LogP) is 2.25. The number of carbonyl (C=O) groups is 1. The number of rotatable bonds is 9. The maximum Gasteiger partial charge on any atom is 0.252 e. The summed E-state index contributed by atoms with van der Waals surface area (Å²) in [4.78, 5) is 13.3. The summed E-state index contributed by atoms with van der Waals surface area (Å²) in [5.41, 5.74) is 0. The van der Waals surface area contributed by atoms with Gasteiger partial charge in [0, 0.05) is 43.6 Å². The summed E-state index contributed by atoms with van der Waals surface area (Å²) in [6, 6.07) is 3.57. The molecule has 1 aliphatic heterocycles. The smallest absolute Gasteiger partial charge is 0.252 e. The molecule has 1 aromatic heterocycles. The fourth-order valence-electron chi connectivity index (χ4n) is 2.85. The van der Waals surface area contributed by atoms with Crippen LogP contribution in [0.4, 0.5) is 0 Å². The monoisotopic (exact) mass is 388 g/mol. The second-order valence-corrected chi connectivity index (χ2v) is 9.43. The topological polar surface area (TPSA) is 75.7 Å². The van der Waals surface area contributed by atoms with E-state index in [1.807, 2.05) is 19.9 Å². The summed E-state index contributed by atoms with van der Waals surface area (Å²) >= 11 is 1.34. The van der Waals surface area contributed by atoms with Crippen molar-refractivity contribution in [3.05, 3.63) is 17.0 Å². The van der Waals surface area contributed by atoms with E-state index in [9.17, 15) is 13.2 Å². The van der Waals surface area contributed by atoms with Crippen LogP contribution in [0.5, 0.6) is 0 Å². The Balaban J connectivity index is 1.81. The first-order valence-corrected chi connectivity index (χ1v) is 11.2. The SMILES string of the molecule is CCOCCCNC(=O)C1CCN(S(=O)(=O)c2ccc(CC)s2)CC1. The van der Waals surface area contributed by atoms with Gasteiger partial charge < -0.3 is 10.1 Å². The summed E-state index contributed by atoms with van der Waals surface area (Å²) in [5, 5.41) is 2.92. The summed E-state index contributed by atoms with van der Waals surface area (Å²) in [6.07, 6.45) is 2.78. The van der Waals surface area contributed by atoms with Crippen molar-refractivity contribution in [1.82, 2.24) is 9.62 Å². The molecule has 0 saturated carbocycles. The lowest BCUT2D eigenvalue weighted by atomic mass is 9.97. The molecule has 1 saturated heterocycles.